The van der Waals surface area contributed by atoms with Gasteiger partial charge in [-0.05, 0) is 49.3 Å². The van der Waals surface area contributed by atoms with Gasteiger partial charge in [0.2, 0.25) is 0 Å². The second kappa shape index (κ2) is 6.74. The Morgan fingerprint density at radius 1 is 1.10 bits per heavy atom. The van der Waals surface area contributed by atoms with Crippen LogP contribution in [-0.2, 0) is 14.9 Å². The van der Waals surface area contributed by atoms with E-state index in [-0.39, 0.29) is 11.4 Å². The first-order valence-electron chi connectivity index (χ1n) is 7.29. The van der Waals surface area contributed by atoms with Crippen LogP contribution in [0.25, 0.3) is 5.57 Å². The molecule has 0 N–H and O–H groups in total. The van der Waals surface area contributed by atoms with Crippen LogP contribution in [0.5, 0.6) is 0 Å². The minimum atomic E-state index is -0.233. The summed E-state index contributed by atoms with van der Waals surface area (Å²) >= 11 is 0. The topological polar surface area (TPSA) is 26.3 Å². The summed E-state index contributed by atoms with van der Waals surface area (Å²) in [5.41, 5.74) is 4.24. The molecule has 0 bridgehead atoms. The van der Waals surface area contributed by atoms with Crippen LogP contribution in [0, 0.1) is 0 Å². The minimum absolute atomic E-state index is 0.187. The minimum Gasteiger partial charge on any atom is -0.463 e. The van der Waals surface area contributed by atoms with Crippen LogP contribution in [-0.4, -0.2) is 12.6 Å². The van der Waals surface area contributed by atoms with Gasteiger partial charge in [0.15, 0.2) is 0 Å². The lowest BCUT2D eigenvalue weighted by atomic mass is 9.81. The van der Waals surface area contributed by atoms with Crippen LogP contribution in [0.4, 0.5) is 0 Å². The third-order valence-corrected chi connectivity index (χ3v) is 4.13. The second-order valence-electron chi connectivity index (χ2n) is 5.79. The van der Waals surface area contributed by atoms with Crippen molar-refractivity contribution in [1.82, 2.24) is 0 Å². The first-order valence-corrected chi connectivity index (χ1v) is 7.29. The molecule has 1 aromatic rings. The number of carbonyl (C=O) groups is 1. The van der Waals surface area contributed by atoms with E-state index in [2.05, 4.69) is 45.0 Å². The Morgan fingerprint density at radius 3 is 2.10 bits per heavy atom. The molecule has 0 saturated carbocycles. The number of carbonyl (C=O) groups excluding carboxylic acids is 1. The highest BCUT2D eigenvalue weighted by atomic mass is 16.5. The molecule has 0 aliphatic heterocycles. The van der Waals surface area contributed by atoms with Crippen LogP contribution >= 0.6 is 0 Å². The second-order valence-corrected chi connectivity index (χ2v) is 5.79. The van der Waals surface area contributed by atoms with E-state index in [1.54, 1.807) is 0 Å². The summed E-state index contributed by atoms with van der Waals surface area (Å²) in [4.78, 5) is 11.8. The Kier molecular flexibility index (Phi) is 5.55. The maximum absolute atomic E-state index is 11.8. The van der Waals surface area contributed by atoms with Crippen molar-refractivity contribution in [3.63, 3.8) is 0 Å². The number of benzene rings is 1. The van der Waals surface area contributed by atoms with Crippen molar-refractivity contribution in [1.29, 1.82) is 0 Å². The molecule has 0 aliphatic carbocycles. The van der Waals surface area contributed by atoms with E-state index in [0.717, 1.165) is 17.6 Å². The summed E-state index contributed by atoms with van der Waals surface area (Å²) in [6.07, 6.45) is 1.10. The van der Waals surface area contributed by atoms with Gasteiger partial charge in [-0.25, -0.2) is 4.79 Å². The molecular weight excluding hydrogens is 248 g/mol. The van der Waals surface area contributed by atoms with E-state index < -0.39 is 0 Å². The molecule has 0 fully saturated rings. The normalized spacial score (nSPS) is 12.9. The summed E-state index contributed by atoms with van der Waals surface area (Å²) in [5, 5.41) is 0. The van der Waals surface area contributed by atoms with E-state index >= 15 is 0 Å². The highest BCUT2D eigenvalue weighted by molar-refractivity contribution is 5.96. The maximum Gasteiger partial charge on any atom is 0.333 e. The number of hydrogen-bond donors (Lipinski definition) is 0. The van der Waals surface area contributed by atoms with Gasteiger partial charge >= 0.3 is 5.97 Å². The van der Waals surface area contributed by atoms with Gasteiger partial charge in [0, 0.05) is 5.57 Å². The predicted octanol–water partition coefficient (Wildman–Crippen LogP) is 4.73. The quantitative estimate of drug-likeness (QED) is 0.573. The van der Waals surface area contributed by atoms with Crippen molar-refractivity contribution in [2.75, 3.05) is 6.61 Å². The van der Waals surface area contributed by atoms with Gasteiger partial charge in [-0.15, -0.1) is 0 Å². The lowest BCUT2D eigenvalue weighted by molar-refractivity contribution is -0.138. The third kappa shape index (κ3) is 3.72. The summed E-state index contributed by atoms with van der Waals surface area (Å²) < 4.78 is 5.04. The van der Waals surface area contributed by atoms with Gasteiger partial charge in [-0.3, -0.25) is 0 Å². The summed E-state index contributed by atoms with van der Waals surface area (Å²) in [5.74, 6) is -0.233. The van der Waals surface area contributed by atoms with Gasteiger partial charge in [-0.2, -0.15) is 0 Å². The van der Waals surface area contributed by atoms with E-state index in [0.29, 0.717) is 12.2 Å². The molecule has 20 heavy (non-hydrogen) atoms. The Balaban J connectivity index is 3.04. The van der Waals surface area contributed by atoms with Crippen LogP contribution in [0.1, 0.15) is 59.1 Å². The number of hydrogen-bond acceptors (Lipinski definition) is 2. The van der Waals surface area contributed by atoms with Gasteiger partial charge in [0.1, 0.15) is 0 Å². The van der Waals surface area contributed by atoms with Crippen LogP contribution in [0.15, 0.2) is 29.8 Å². The zero-order chi connectivity index (χ0) is 15.3. The molecule has 0 aromatic heterocycles. The fourth-order valence-corrected chi connectivity index (χ4v) is 1.98. The van der Waals surface area contributed by atoms with Crippen LogP contribution < -0.4 is 0 Å². The van der Waals surface area contributed by atoms with Gasteiger partial charge in [0.25, 0.3) is 0 Å². The molecule has 1 aromatic carbocycles. The molecule has 0 amide bonds. The molecule has 0 saturated heterocycles. The van der Waals surface area contributed by atoms with Gasteiger partial charge in [0.05, 0.1) is 6.61 Å². The Labute approximate surface area is 122 Å². The van der Waals surface area contributed by atoms with Crippen molar-refractivity contribution < 1.29 is 9.53 Å². The van der Waals surface area contributed by atoms with Crippen molar-refractivity contribution >= 4 is 11.5 Å². The largest absolute Gasteiger partial charge is 0.463 e. The van der Waals surface area contributed by atoms with Gasteiger partial charge in [-0.1, -0.05) is 45.0 Å². The molecule has 2 nitrogen and oxygen atoms in total. The summed E-state index contributed by atoms with van der Waals surface area (Å²) in [6, 6.07) is 8.48. The fraction of sp³-hybridized carbons (Fsp3) is 0.500. The number of ether oxygens (including phenoxy) is 1. The molecule has 0 aliphatic rings. The summed E-state index contributed by atoms with van der Waals surface area (Å²) in [6.45, 7) is 12.7. The first-order chi connectivity index (χ1) is 9.33. The zero-order valence-electron chi connectivity index (χ0n) is 13.5. The molecule has 0 heterocycles. The highest BCUT2D eigenvalue weighted by Gasteiger charge is 2.18. The first kappa shape index (κ1) is 16.5. The zero-order valence-corrected chi connectivity index (χ0v) is 13.5. The fourth-order valence-electron chi connectivity index (χ4n) is 1.98. The Bertz CT molecular complexity index is 493. The average molecular weight is 274 g/mol. The lowest BCUT2D eigenvalue weighted by Gasteiger charge is -2.23. The molecular formula is C18H26O2. The smallest absolute Gasteiger partial charge is 0.333 e. The SMILES string of the molecule is CCOC(=O)C(C)=C(C)c1ccc(C(C)(C)CC)cc1. The molecule has 0 unspecified atom stereocenters. The molecule has 0 spiro atoms. The maximum atomic E-state index is 11.8. The molecule has 110 valence electrons. The van der Waals surface area contributed by atoms with Crippen LogP contribution in [0.2, 0.25) is 0 Å². The average Bonchev–Trinajstić information content (AvgIpc) is 2.46. The standard InChI is InChI=1S/C18H26O2/c1-7-18(5,6)16-11-9-15(10-12-16)13(3)14(4)17(19)20-8-2/h9-12H,7-8H2,1-6H3. The van der Waals surface area contributed by atoms with Gasteiger partial charge < -0.3 is 4.74 Å². The monoisotopic (exact) mass is 274 g/mol. The van der Waals surface area contributed by atoms with Crippen molar-refractivity contribution in [2.45, 2.75) is 53.4 Å². The van der Waals surface area contributed by atoms with Crippen molar-refractivity contribution in [3.8, 4) is 0 Å². The lowest BCUT2D eigenvalue weighted by Crippen LogP contribution is -2.15. The molecule has 0 radical (unpaired) electrons. The summed E-state index contributed by atoms with van der Waals surface area (Å²) in [7, 11) is 0. The van der Waals surface area contributed by atoms with Crippen molar-refractivity contribution in [3.05, 3.63) is 41.0 Å². The highest BCUT2D eigenvalue weighted by Crippen LogP contribution is 2.28. The number of esters is 1. The number of rotatable bonds is 5. The van der Waals surface area contributed by atoms with E-state index in [1.807, 2.05) is 20.8 Å². The van der Waals surface area contributed by atoms with Crippen molar-refractivity contribution in [2.24, 2.45) is 0 Å². The Morgan fingerprint density at radius 2 is 1.65 bits per heavy atom. The predicted molar refractivity (Wildman–Crippen MR) is 84.7 cm³/mol. The van der Waals surface area contributed by atoms with E-state index in [1.165, 1.54) is 5.56 Å². The van der Waals surface area contributed by atoms with E-state index in [9.17, 15) is 4.79 Å². The van der Waals surface area contributed by atoms with Crippen LogP contribution in [0.3, 0.4) is 0 Å². The molecule has 1 rings (SSSR count). The van der Waals surface area contributed by atoms with E-state index in [4.69, 9.17) is 4.74 Å². The third-order valence-electron chi connectivity index (χ3n) is 4.13. The molecule has 2 heteroatoms. The number of allylic oxidation sites excluding steroid dienone is 1. The molecule has 0 atom stereocenters. The Hall–Kier alpha value is -1.57.